The Morgan fingerprint density at radius 1 is 1.43 bits per heavy atom. The minimum atomic E-state index is -4.09. The Bertz CT molecular complexity index is 1130. The second-order valence-electron chi connectivity index (χ2n) is 8.57. The molecule has 0 aromatic carbocycles. The van der Waals surface area contributed by atoms with Crippen molar-refractivity contribution in [1.29, 1.82) is 0 Å². The Morgan fingerprint density at radius 3 is 2.91 bits per heavy atom. The van der Waals surface area contributed by atoms with E-state index in [0.717, 1.165) is 0 Å². The number of nitrogens with zero attached hydrogens (tertiary/aromatic N) is 4. The van der Waals surface area contributed by atoms with E-state index in [-0.39, 0.29) is 55.2 Å². The topological polar surface area (TPSA) is 159 Å². The quantitative estimate of drug-likeness (QED) is 0.295. The number of fused-ring (bicyclic) bond motifs is 2. The first-order valence-electron chi connectivity index (χ1n) is 11.3. The number of carbonyl (C=O) groups is 1. The van der Waals surface area contributed by atoms with Crippen molar-refractivity contribution in [2.24, 2.45) is 0 Å². The molecule has 0 saturated carbocycles. The molecule has 2 fully saturated rings. The maximum atomic E-state index is 16.1. The van der Waals surface area contributed by atoms with E-state index in [2.05, 4.69) is 15.0 Å². The van der Waals surface area contributed by atoms with Gasteiger partial charge in [-0.3, -0.25) is 22.9 Å². The van der Waals surface area contributed by atoms with Gasteiger partial charge in [0.2, 0.25) is 11.8 Å². The molecule has 15 heteroatoms. The van der Waals surface area contributed by atoms with Crippen LogP contribution in [0.4, 0.5) is 10.3 Å². The van der Waals surface area contributed by atoms with Gasteiger partial charge in [-0.2, -0.15) is 9.97 Å². The van der Waals surface area contributed by atoms with Gasteiger partial charge in [-0.1, -0.05) is 0 Å². The summed E-state index contributed by atoms with van der Waals surface area (Å²) in [4.78, 5) is 24.1. The van der Waals surface area contributed by atoms with Crippen LogP contribution in [0.1, 0.15) is 46.8 Å². The molecule has 4 rings (SSSR count). The second kappa shape index (κ2) is 9.94. The number of alkyl halides is 1. The molecule has 2 N–H and O–H groups in total. The molecular formula is C20H29FN5O8P. The lowest BCUT2D eigenvalue weighted by Gasteiger charge is -2.33. The van der Waals surface area contributed by atoms with E-state index in [1.165, 1.54) is 17.8 Å². The molecule has 4 heterocycles. The average molecular weight is 517 g/mol. The highest BCUT2D eigenvalue weighted by atomic mass is 31.2. The summed E-state index contributed by atoms with van der Waals surface area (Å²) in [6, 6.07) is 0. The lowest BCUT2D eigenvalue weighted by atomic mass is 9.98. The third kappa shape index (κ3) is 5.26. The number of nitrogen functional groups attached to an aromatic ring is 1. The van der Waals surface area contributed by atoms with Gasteiger partial charge in [0.15, 0.2) is 23.1 Å². The number of halogens is 1. The minimum Gasteiger partial charge on any atom is -0.476 e. The smallest absolute Gasteiger partial charge is 0.475 e. The zero-order valence-corrected chi connectivity index (χ0v) is 20.8. The summed E-state index contributed by atoms with van der Waals surface area (Å²) in [6.07, 6.45) is -1.97. The van der Waals surface area contributed by atoms with Gasteiger partial charge in [0.1, 0.15) is 12.2 Å². The molecule has 194 valence electrons. The van der Waals surface area contributed by atoms with Gasteiger partial charge in [0.05, 0.1) is 32.3 Å². The summed E-state index contributed by atoms with van der Waals surface area (Å²) in [7, 11) is -4.09. The maximum absolute atomic E-state index is 16.1. The number of ether oxygens (including phenoxy) is 3. The summed E-state index contributed by atoms with van der Waals surface area (Å²) in [5.74, 6) is -0.312. The highest BCUT2D eigenvalue weighted by Crippen LogP contribution is 2.59. The first kappa shape index (κ1) is 25.7. The Labute approximate surface area is 201 Å². The Morgan fingerprint density at radius 2 is 2.20 bits per heavy atom. The molecule has 0 spiro atoms. The average Bonchev–Trinajstić information content (AvgIpc) is 3.29. The zero-order valence-electron chi connectivity index (χ0n) is 19.9. The number of hydrogen-bond acceptors (Lipinski definition) is 12. The Balaban J connectivity index is 1.47. The number of hydrogen-bond donors (Lipinski definition) is 1. The fourth-order valence-corrected chi connectivity index (χ4v) is 5.44. The van der Waals surface area contributed by atoms with Crippen LogP contribution >= 0.6 is 7.82 Å². The van der Waals surface area contributed by atoms with Gasteiger partial charge in [-0.15, -0.1) is 0 Å². The summed E-state index contributed by atoms with van der Waals surface area (Å²) >= 11 is 0. The molecule has 35 heavy (non-hydrogen) atoms. The van der Waals surface area contributed by atoms with Crippen molar-refractivity contribution >= 4 is 30.9 Å². The Hall–Kier alpha value is -2.38. The van der Waals surface area contributed by atoms with Crippen molar-refractivity contribution in [3.63, 3.8) is 0 Å². The number of phosphoric acid groups is 1. The van der Waals surface area contributed by atoms with Gasteiger partial charge >= 0.3 is 13.8 Å². The number of aromatic nitrogens is 4. The standard InChI is InChI=1S/C20H29FN5O8P/c1-5-29-17-14-16(24-19(22)25-17)26(10-23-14)18-20(4,21)15-12(33-18)9-31-35(28,34-15)30-8-6-7-13(27)32-11(2)3/h10-12,15,18H,5-9H2,1-4H3,(H2,22,24,25)/t12-,15-,18-,20-,35-/m1/s1. The van der Waals surface area contributed by atoms with E-state index >= 15 is 4.39 Å². The van der Waals surface area contributed by atoms with Gasteiger partial charge < -0.3 is 19.9 Å². The normalized spacial score (nSPS) is 30.5. The van der Waals surface area contributed by atoms with Gasteiger partial charge in [0.25, 0.3) is 0 Å². The second-order valence-corrected chi connectivity index (χ2v) is 10.2. The van der Waals surface area contributed by atoms with Crippen LogP contribution in [0.2, 0.25) is 0 Å². The van der Waals surface area contributed by atoms with Crippen molar-refractivity contribution in [3.05, 3.63) is 6.33 Å². The molecule has 2 aromatic rings. The molecule has 0 radical (unpaired) electrons. The highest BCUT2D eigenvalue weighted by molar-refractivity contribution is 7.48. The van der Waals surface area contributed by atoms with Crippen LogP contribution in [0.5, 0.6) is 5.88 Å². The van der Waals surface area contributed by atoms with Gasteiger partial charge in [-0.05, 0) is 34.1 Å². The highest BCUT2D eigenvalue weighted by Gasteiger charge is 2.61. The molecule has 2 aliphatic rings. The summed E-state index contributed by atoms with van der Waals surface area (Å²) < 4.78 is 62.9. The lowest BCUT2D eigenvalue weighted by molar-refractivity contribution is -0.147. The number of esters is 1. The van der Waals surface area contributed by atoms with Gasteiger partial charge in [0, 0.05) is 6.42 Å². The third-order valence-corrected chi connectivity index (χ3v) is 6.85. The van der Waals surface area contributed by atoms with E-state index in [4.69, 9.17) is 33.5 Å². The molecule has 0 aliphatic carbocycles. The van der Waals surface area contributed by atoms with Crippen LogP contribution in [-0.4, -0.2) is 69.3 Å². The van der Waals surface area contributed by atoms with Crippen LogP contribution in [0, 0.1) is 0 Å². The van der Waals surface area contributed by atoms with Crippen molar-refractivity contribution < 1.29 is 41.5 Å². The number of rotatable bonds is 9. The number of nitrogens with two attached hydrogens (primary N) is 1. The fourth-order valence-electron chi connectivity index (χ4n) is 3.94. The van der Waals surface area contributed by atoms with E-state index in [9.17, 15) is 9.36 Å². The van der Waals surface area contributed by atoms with Crippen LogP contribution in [0.3, 0.4) is 0 Å². The van der Waals surface area contributed by atoms with Crippen molar-refractivity contribution in [2.45, 2.75) is 70.7 Å². The van der Waals surface area contributed by atoms with E-state index in [1.54, 1.807) is 20.8 Å². The molecule has 2 saturated heterocycles. The fraction of sp³-hybridized carbons (Fsp3) is 0.700. The number of imidazole rings is 1. The van der Waals surface area contributed by atoms with E-state index < -0.39 is 37.9 Å². The third-order valence-electron chi connectivity index (χ3n) is 5.40. The van der Waals surface area contributed by atoms with Gasteiger partial charge in [-0.25, -0.2) is 13.9 Å². The van der Waals surface area contributed by atoms with Crippen LogP contribution < -0.4 is 10.5 Å². The molecule has 0 amide bonds. The predicted molar refractivity (Wildman–Crippen MR) is 119 cm³/mol. The van der Waals surface area contributed by atoms with Crippen LogP contribution in [0.15, 0.2) is 6.33 Å². The minimum absolute atomic E-state index is 0.0681. The molecule has 13 nitrogen and oxygen atoms in total. The Kier molecular flexibility index (Phi) is 7.30. The maximum Gasteiger partial charge on any atom is 0.475 e. The van der Waals surface area contributed by atoms with E-state index in [0.29, 0.717) is 6.61 Å². The number of carbonyl (C=O) groups excluding carboxylic acids is 1. The number of phosphoric ester groups is 1. The molecule has 2 aliphatic heterocycles. The molecule has 2 aromatic heterocycles. The number of anilines is 1. The predicted octanol–water partition coefficient (Wildman–Crippen LogP) is 2.70. The SMILES string of the molecule is CCOc1nc(N)nc2c1ncn2[C@@H]1O[C@@H]2CO[P@@](=O)(OCCCC(=O)OC(C)C)O[C@H]2[C@@]1(C)F. The largest absolute Gasteiger partial charge is 0.476 e. The first-order chi connectivity index (χ1) is 16.5. The van der Waals surface area contributed by atoms with Crippen LogP contribution in [-0.2, 0) is 32.4 Å². The monoisotopic (exact) mass is 517 g/mol. The molecule has 0 unspecified atom stereocenters. The first-order valence-corrected chi connectivity index (χ1v) is 12.7. The zero-order chi connectivity index (χ0) is 25.4. The molecular weight excluding hydrogens is 488 g/mol. The summed E-state index contributed by atoms with van der Waals surface area (Å²) in [6.45, 7) is 6.52. The summed E-state index contributed by atoms with van der Waals surface area (Å²) in [5, 5.41) is 0. The van der Waals surface area contributed by atoms with Crippen LogP contribution in [0.25, 0.3) is 11.2 Å². The van der Waals surface area contributed by atoms with E-state index in [1.807, 2.05) is 0 Å². The molecule has 5 atom stereocenters. The molecule has 0 bridgehead atoms. The lowest BCUT2D eigenvalue weighted by Crippen LogP contribution is -2.44. The summed E-state index contributed by atoms with van der Waals surface area (Å²) in [5.41, 5.74) is 4.12. The van der Waals surface area contributed by atoms with Crippen molar-refractivity contribution in [3.8, 4) is 5.88 Å². The van der Waals surface area contributed by atoms with Crippen molar-refractivity contribution in [1.82, 2.24) is 19.5 Å². The van der Waals surface area contributed by atoms with Crippen molar-refractivity contribution in [2.75, 3.05) is 25.6 Å².